The van der Waals surface area contributed by atoms with E-state index in [1.165, 1.54) is 14.2 Å². The maximum Gasteiger partial charge on any atom is 0.326 e. The molecule has 0 amide bonds. The number of methoxy groups -OCH3 is 1. The summed E-state index contributed by atoms with van der Waals surface area (Å²) >= 11 is 0. The van der Waals surface area contributed by atoms with Crippen molar-refractivity contribution in [3.8, 4) is 0 Å². The summed E-state index contributed by atoms with van der Waals surface area (Å²) in [7, 11) is 5.02. The molecule has 0 fully saturated rings. The Labute approximate surface area is 65.3 Å². The molecule has 1 atom stereocenters. The van der Waals surface area contributed by atoms with Gasteiger partial charge in [0.25, 0.3) is 0 Å². The summed E-state index contributed by atoms with van der Waals surface area (Å²) in [5.41, 5.74) is 0. The normalized spacial score (nSPS) is 19.2. The molecule has 0 aliphatic carbocycles. The molecule has 0 aromatic carbocycles. The van der Waals surface area contributed by atoms with Crippen LogP contribution in [0.5, 0.6) is 0 Å². The Kier molecular flexibility index (Phi) is 4.04. The van der Waals surface area contributed by atoms with Gasteiger partial charge in [0.2, 0.25) is 0 Å². The fourth-order valence-electron chi connectivity index (χ4n) is 0.263. The number of hydrogen-bond acceptors (Lipinski definition) is 4. The minimum absolute atomic E-state index is 0.304. The molecule has 1 N–H and O–H groups in total. The fourth-order valence-corrected chi connectivity index (χ4v) is 1.06. The van der Waals surface area contributed by atoms with E-state index >= 15 is 0 Å². The van der Waals surface area contributed by atoms with Gasteiger partial charge in [0.15, 0.2) is 5.75 Å². The predicted octanol–water partition coefficient (Wildman–Crippen LogP) is 1.15. The van der Waals surface area contributed by atoms with Crippen molar-refractivity contribution in [2.24, 2.45) is 0 Å². The van der Waals surface area contributed by atoms with E-state index in [1.54, 1.807) is 0 Å². The van der Waals surface area contributed by atoms with Gasteiger partial charge in [-0.25, -0.2) is 0 Å². The molecule has 6 heteroatoms. The number of halogens is 1. The molecule has 0 saturated carbocycles. The topological polar surface area (TPSA) is 55.8 Å². The average Bonchev–Trinajstić information content (AvgIpc) is 1.87. The second kappa shape index (κ2) is 4.02. The van der Waals surface area contributed by atoms with E-state index < -0.39 is 15.8 Å². The number of carbonyl (C=O) groups excluding carboxylic acids is 1. The van der Waals surface area contributed by atoms with E-state index in [1.807, 2.05) is 0 Å². The van der Waals surface area contributed by atoms with Crippen molar-refractivity contribution in [2.75, 3.05) is 20.0 Å². The van der Waals surface area contributed by atoms with E-state index in [9.17, 15) is 4.79 Å². The number of esters is 1. The van der Waals surface area contributed by atoms with Gasteiger partial charge in [-0.3, -0.25) is 13.5 Å². The maximum atomic E-state index is 10.5. The van der Waals surface area contributed by atoms with Gasteiger partial charge in [0.05, 0.1) is 14.2 Å². The van der Waals surface area contributed by atoms with Crippen LogP contribution < -0.4 is 0 Å². The zero-order chi connectivity index (χ0) is 8.20. The molecule has 1 unspecified atom stereocenters. The first-order valence-corrected chi connectivity index (χ1v) is 4.88. The van der Waals surface area contributed by atoms with Gasteiger partial charge in [-0.2, -0.15) is 0 Å². The highest BCUT2D eigenvalue weighted by Gasteiger charge is 2.16. The highest BCUT2D eigenvalue weighted by atomic mass is 35.7. The van der Waals surface area contributed by atoms with Crippen molar-refractivity contribution in [3.63, 3.8) is 0 Å². The molecule has 62 valence electrons. The SMILES string of the molecule is COC(=O)CS(O)(Cl)OC. The van der Waals surface area contributed by atoms with Crippen LogP contribution in [0.15, 0.2) is 0 Å². The molecule has 0 aromatic rings. The van der Waals surface area contributed by atoms with Crippen LogP contribution in [0.3, 0.4) is 0 Å². The Morgan fingerprint density at radius 3 is 2.50 bits per heavy atom. The van der Waals surface area contributed by atoms with Gasteiger partial charge in [0, 0.05) is 10.7 Å². The summed E-state index contributed by atoms with van der Waals surface area (Å²) in [5, 5.41) is 0. The third-order valence-corrected chi connectivity index (χ3v) is 2.59. The van der Waals surface area contributed by atoms with Crippen molar-refractivity contribution in [3.05, 3.63) is 0 Å². The average molecular weight is 189 g/mol. The Balaban J connectivity index is 3.76. The standard InChI is InChI=1S/C4H9ClO4S/c1-8-4(6)3-10(5,7)9-2/h7H,3H2,1-2H3. The van der Waals surface area contributed by atoms with Gasteiger partial charge in [-0.1, -0.05) is 0 Å². The number of rotatable bonds is 3. The van der Waals surface area contributed by atoms with E-state index in [2.05, 4.69) is 8.92 Å². The molecular weight excluding hydrogens is 180 g/mol. The summed E-state index contributed by atoms with van der Waals surface area (Å²) in [5.74, 6) is -0.893. The van der Waals surface area contributed by atoms with E-state index in [0.29, 0.717) is 0 Å². The molecule has 4 nitrogen and oxygen atoms in total. The van der Waals surface area contributed by atoms with E-state index in [-0.39, 0.29) is 5.75 Å². The Morgan fingerprint density at radius 1 is 1.70 bits per heavy atom. The minimum Gasteiger partial charge on any atom is -0.468 e. The molecule has 0 aromatic heterocycles. The lowest BCUT2D eigenvalue weighted by Gasteiger charge is -2.25. The second-order valence-corrected chi connectivity index (χ2v) is 4.64. The molecule has 0 saturated heterocycles. The summed E-state index contributed by atoms with van der Waals surface area (Å²) in [6.07, 6.45) is 0. The van der Waals surface area contributed by atoms with Gasteiger partial charge < -0.3 is 4.74 Å². The monoisotopic (exact) mass is 188 g/mol. The summed E-state index contributed by atoms with van der Waals surface area (Å²) in [6.45, 7) is 0. The minimum atomic E-state index is -2.73. The molecule has 0 spiro atoms. The summed E-state index contributed by atoms with van der Waals surface area (Å²) < 4.78 is 17.6. The van der Waals surface area contributed by atoms with Crippen molar-refractivity contribution in [2.45, 2.75) is 0 Å². The van der Waals surface area contributed by atoms with Crippen LogP contribution in [0.1, 0.15) is 0 Å². The van der Waals surface area contributed by atoms with Crippen LogP contribution in [0.25, 0.3) is 0 Å². The van der Waals surface area contributed by atoms with Gasteiger partial charge in [-0.15, -0.1) is 9.80 Å². The lowest BCUT2D eigenvalue weighted by Crippen LogP contribution is -2.11. The smallest absolute Gasteiger partial charge is 0.326 e. The number of hydrogen-bond donors (Lipinski definition) is 1. The highest BCUT2D eigenvalue weighted by Crippen LogP contribution is 2.48. The zero-order valence-electron chi connectivity index (χ0n) is 5.67. The van der Waals surface area contributed by atoms with Crippen LogP contribution in [0.2, 0.25) is 0 Å². The zero-order valence-corrected chi connectivity index (χ0v) is 7.24. The Hall–Kier alpha value is 0.0300. The molecule has 0 bridgehead atoms. The van der Waals surface area contributed by atoms with Crippen molar-refractivity contribution >= 4 is 26.5 Å². The fraction of sp³-hybridized carbons (Fsp3) is 0.750. The molecular formula is C4H9ClO4S. The lowest BCUT2D eigenvalue weighted by atomic mass is 10.8. The van der Waals surface area contributed by atoms with Gasteiger partial charge in [0.1, 0.15) is 0 Å². The first-order valence-electron chi connectivity index (χ1n) is 2.37. The van der Waals surface area contributed by atoms with E-state index in [0.717, 1.165) is 0 Å². The number of ether oxygens (including phenoxy) is 1. The second-order valence-electron chi connectivity index (χ2n) is 1.45. The molecule has 0 aliphatic heterocycles. The first-order chi connectivity index (χ1) is 4.52. The first kappa shape index (κ1) is 10.0. The van der Waals surface area contributed by atoms with Crippen LogP contribution in [-0.2, 0) is 13.7 Å². The van der Waals surface area contributed by atoms with Crippen LogP contribution >= 0.6 is 20.5 Å². The predicted molar refractivity (Wildman–Crippen MR) is 40.0 cm³/mol. The van der Waals surface area contributed by atoms with Crippen LogP contribution in [-0.4, -0.2) is 30.5 Å². The van der Waals surface area contributed by atoms with Gasteiger partial charge >= 0.3 is 5.97 Å². The highest BCUT2D eigenvalue weighted by molar-refractivity contribution is 8.44. The lowest BCUT2D eigenvalue weighted by molar-refractivity contribution is -0.137. The van der Waals surface area contributed by atoms with Crippen molar-refractivity contribution in [1.82, 2.24) is 0 Å². The molecule has 10 heavy (non-hydrogen) atoms. The third-order valence-electron chi connectivity index (χ3n) is 0.779. The van der Waals surface area contributed by atoms with Crippen LogP contribution in [0.4, 0.5) is 0 Å². The molecule has 0 radical (unpaired) electrons. The molecule has 0 heterocycles. The van der Waals surface area contributed by atoms with E-state index in [4.69, 9.17) is 15.2 Å². The molecule has 0 rings (SSSR count). The summed E-state index contributed by atoms with van der Waals surface area (Å²) in [6, 6.07) is 0. The van der Waals surface area contributed by atoms with Crippen molar-refractivity contribution < 1.29 is 18.3 Å². The Bertz CT molecular complexity index is 126. The number of carbonyl (C=O) groups is 1. The quantitative estimate of drug-likeness (QED) is 0.676. The third kappa shape index (κ3) is 3.94. The van der Waals surface area contributed by atoms with Gasteiger partial charge in [-0.05, 0) is 0 Å². The maximum absolute atomic E-state index is 10.5. The van der Waals surface area contributed by atoms with Crippen LogP contribution in [0, 0.1) is 0 Å². The van der Waals surface area contributed by atoms with Crippen molar-refractivity contribution in [1.29, 1.82) is 0 Å². The molecule has 0 aliphatic rings. The largest absolute Gasteiger partial charge is 0.468 e. The summed E-state index contributed by atoms with van der Waals surface area (Å²) in [4.78, 5) is 10.5. The Morgan fingerprint density at radius 2 is 2.20 bits per heavy atom.